The first-order valence-corrected chi connectivity index (χ1v) is 8.75. The van der Waals surface area contributed by atoms with E-state index in [2.05, 4.69) is 28.8 Å². The van der Waals surface area contributed by atoms with Crippen LogP contribution in [0.25, 0.3) is 5.57 Å². The SMILES string of the molecule is COc1ccc(NC(=O)NC/C=C2\CCCc3ccc(OC)cc32)cc1. The number of amides is 2. The molecule has 0 fully saturated rings. The Balaban J connectivity index is 1.59. The van der Waals surface area contributed by atoms with Crippen LogP contribution in [-0.2, 0) is 6.42 Å². The zero-order valence-corrected chi connectivity index (χ0v) is 15.2. The number of fused-ring (bicyclic) bond motifs is 1. The van der Waals surface area contributed by atoms with Crippen molar-refractivity contribution in [2.24, 2.45) is 0 Å². The minimum atomic E-state index is -0.228. The number of carbonyl (C=O) groups excluding carboxylic acids is 1. The van der Waals surface area contributed by atoms with Crippen molar-refractivity contribution in [3.8, 4) is 11.5 Å². The largest absolute Gasteiger partial charge is 0.497 e. The second-order valence-electron chi connectivity index (χ2n) is 6.17. The molecule has 2 amide bonds. The minimum absolute atomic E-state index is 0.228. The number of ether oxygens (including phenoxy) is 2. The van der Waals surface area contributed by atoms with Crippen LogP contribution in [0.2, 0.25) is 0 Å². The molecule has 26 heavy (non-hydrogen) atoms. The van der Waals surface area contributed by atoms with Gasteiger partial charge in [0.2, 0.25) is 0 Å². The van der Waals surface area contributed by atoms with Gasteiger partial charge in [0.1, 0.15) is 11.5 Å². The Hall–Kier alpha value is -2.95. The van der Waals surface area contributed by atoms with Gasteiger partial charge in [-0.1, -0.05) is 12.1 Å². The van der Waals surface area contributed by atoms with Crippen LogP contribution in [0.5, 0.6) is 11.5 Å². The summed E-state index contributed by atoms with van der Waals surface area (Å²) in [5.74, 6) is 1.62. The quantitative estimate of drug-likeness (QED) is 0.846. The number of hydrogen-bond donors (Lipinski definition) is 2. The predicted molar refractivity (Wildman–Crippen MR) is 104 cm³/mol. The summed E-state index contributed by atoms with van der Waals surface area (Å²) < 4.78 is 10.4. The third-order valence-electron chi connectivity index (χ3n) is 4.51. The van der Waals surface area contributed by atoms with Gasteiger partial charge in [0.25, 0.3) is 0 Å². The average molecular weight is 352 g/mol. The van der Waals surface area contributed by atoms with Crippen LogP contribution in [0.4, 0.5) is 10.5 Å². The summed E-state index contributed by atoms with van der Waals surface area (Å²) in [5.41, 5.74) is 4.55. The Kier molecular flexibility index (Phi) is 5.79. The number of nitrogens with one attached hydrogen (secondary N) is 2. The van der Waals surface area contributed by atoms with Gasteiger partial charge < -0.3 is 20.1 Å². The molecule has 0 heterocycles. The van der Waals surface area contributed by atoms with E-state index in [0.717, 1.165) is 36.4 Å². The van der Waals surface area contributed by atoms with Crippen molar-refractivity contribution < 1.29 is 14.3 Å². The van der Waals surface area contributed by atoms with E-state index in [9.17, 15) is 4.79 Å². The van der Waals surface area contributed by atoms with Crippen molar-refractivity contribution in [1.29, 1.82) is 0 Å². The fourth-order valence-electron chi connectivity index (χ4n) is 3.13. The first kappa shape index (κ1) is 17.9. The van der Waals surface area contributed by atoms with Gasteiger partial charge in [0, 0.05) is 12.2 Å². The summed E-state index contributed by atoms with van der Waals surface area (Å²) in [6.45, 7) is 0.480. The van der Waals surface area contributed by atoms with E-state index in [4.69, 9.17) is 9.47 Å². The van der Waals surface area contributed by atoms with Gasteiger partial charge in [-0.25, -0.2) is 4.79 Å². The zero-order valence-electron chi connectivity index (χ0n) is 15.2. The van der Waals surface area contributed by atoms with Gasteiger partial charge in [-0.2, -0.15) is 0 Å². The smallest absolute Gasteiger partial charge is 0.319 e. The Morgan fingerprint density at radius 3 is 2.50 bits per heavy atom. The van der Waals surface area contributed by atoms with Gasteiger partial charge in [-0.3, -0.25) is 0 Å². The Morgan fingerprint density at radius 1 is 1.04 bits per heavy atom. The predicted octanol–water partition coefficient (Wildman–Crippen LogP) is 4.25. The van der Waals surface area contributed by atoms with Crippen molar-refractivity contribution in [2.75, 3.05) is 26.1 Å². The number of urea groups is 1. The lowest BCUT2D eigenvalue weighted by Crippen LogP contribution is -2.28. The number of carbonyl (C=O) groups is 1. The van der Waals surface area contributed by atoms with Crippen molar-refractivity contribution in [3.63, 3.8) is 0 Å². The molecule has 2 aromatic carbocycles. The Morgan fingerprint density at radius 2 is 1.77 bits per heavy atom. The molecule has 3 rings (SSSR count). The molecule has 0 unspecified atom stereocenters. The average Bonchev–Trinajstić information content (AvgIpc) is 2.68. The lowest BCUT2D eigenvalue weighted by atomic mass is 9.87. The highest BCUT2D eigenvalue weighted by atomic mass is 16.5. The van der Waals surface area contributed by atoms with Crippen molar-refractivity contribution in [2.45, 2.75) is 19.3 Å². The summed E-state index contributed by atoms with van der Waals surface area (Å²) >= 11 is 0. The van der Waals surface area contributed by atoms with Crippen LogP contribution in [0.3, 0.4) is 0 Å². The number of hydrogen-bond acceptors (Lipinski definition) is 3. The van der Waals surface area contributed by atoms with E-state index >= 15 is 0 Å². The summed E-state index contributed by atoms with van der Waals surface area (Å²) in [4.78, 5) is 12.1. The molecular weight excluding hydrogens is 328 g/mol. The van der Waals surface area contributed by atoms with Crippen LogP contribution in [0.1, 0.15) is 24.0 Å². The van der Waals surface area contributed by atoms with Crippen LogP contribution < -0.4 is 20.1 Å². The standard InChI is InChI=1S/C21H24N2O3/c1-25-18-10-7-17(8-11-18)23-21(24)22-13-12-16-5-3-4-15-6-9-19(26-2)14-20(15)16/h6-12,14H,3-5,13H2,1-2H3,(H2,22,23,24)/b16-12+. The number of anilines is 1. The molecule has 0 aromatic heterocycles. The highest BCUT2D eigenvalue weighted by Crippen LogP contribution is 2.33. The third-order valence-corrected chi connectivity index (χ3v) is 4.51. The van der Waals surface area contributed by atoms with E-state index in [1.54, 1.807) is 26.4 Å². The summed E-state index contributed by atoms with van der Waals surface area (Å²) in [6.07, 6.45) is 5.32. The lowest BCUT2D eigenvalue weighted by molar-refractivity contribution is 0.253. The zero-order chi connectivity index (χ0) is 18.4. The van der Waals surface area contributed by atoms with Crippen molar-refractivity contribution in [3.05, 3.63) is 59.7 Å². The first-order valence-electron chi connectivity index (χ1n) is 8.75. The Bertz CT molecular complexity index is 797. The van der Waals surface area contributed by atoms with E-state index in [1.165, 1.54) is 16.7 Å². The van der Waals surface area contributed by atoms with Gasteiger partial charge in [-0.05, 0) is 72.4 Å². The molecule has 0 saturated carbocycles. The van der Waals surface area contributed by atoms with Crippen LogP contribution in [0.15, 0.2) is 48.5 Å². The molecule has 5 heteroatoms. The maximum atomic E-state index is 12.1. The van der Waals surface area contributed by atoms with Crippen LogP contribution >= 0.6 is 0 Å². The third kappa shape index (κ3) is 4.36. The second kappa shape index (κ2) is 8.43. The van der Waals surface area contributed by atoms with Gasteiger partial charge in [0.05, 0.1) is 14.2 Å². The van der Waals surface area contributed by atoms with E-state index in [0.29, 0.717) is 6.54 Å². The molecule has 136 valence electrons. The van der Waals surface area contributed by atoms with Gasteiger partial charge >= 0.3 is 6.03 Å². The normalized spacial score (nSPS) is 14.5. The van der Waals surface area contributed by atoms with Crippen molar-refractivity contribution in [1.82, 2.24) is 5.32 Å². The monoisotopic (exact) mass is 352 g/mol. The Labute approximate surface area is 154 Å². The highest BCUT2D eigenvalue weighted by Gasteiger charge is 2.14. The number of rotatable bonds is 5. The molecule has 0 spiro atoms. The van der Waals surface area contributed by atoms with Crippen LogP contribution in [-0.4, -0.2) is 26.8 Å². The number of allylic oxidation sites excluding steroid dienone is 1. The van der Waals surface area contributed by atoms with E-state index in [1.807, 2.05) is 18.2 Å². The summed E-state index contributed by atoms with van der Waals surface area (Å²) in [5, 5.41) is 5.69. The minimum Gasteiger partial charge on any atom is -0.497 e. The second-order valence-corrected chi connectivity index (χ2v) is 6.17. The maximum absolute atomic E-state index is 12.1. The molecule has 2 N–H and O–H groups in total. The number of benzene rings is 2. The maximum Gasteiger partial charge on any atom is 0.319 e. The fourth-order valence-corrected chi connectivity index (χ4v) is 3.13. The van der Waals surface area contributed by atoms with Crippen LogP contribution in [0, 0.1) is 0 Å². The molecule has 2 aromatic rings. The van der Waals surface area contributed by atoms with Crippen molar-refractivity contribution >= 4 is 17.3 Å². The molecule has 0 saturated heterocycles. The molecule has 0 atom stereocenters. The molecule has 0 bridgehead atoms. The molecule has 0 radical (unpaired) electrons. The lowest BCUT2D eigenvalue weighted by Gasteiger charge is -2.20. The van der Waals surface area contributed by atoms with Gasteiger partial charge in [0.15, 0.2) is 0 Å². The van der Waals surface area contributed by atoms with E-state index in [-0.39, 0.29) is 6.03 Å². The molecular formula is C21H24N2O3. The fraction of sp³-hybridized carbons (Fsp3) is 0.286. The summed E-state index contributed by atoms with van der Waals surface area (Å²) in [7, 11) is 3.29. The number of methoxy groups -OCH3 is 2. The molecule has 1 aliphatic rings. The molecule has 5 nitrogen and oxygen atoms in total. The van der Waals surface area contributed by atoms with Gasteiger partial charge in [-0.15, -0.1) is 0 Å². The highest BCUT2D eigenvalue weighted by molar-refractivity contribution is 5.89. The topological polar surface area (TPSA) is 59.6 Å². The molecule has 0 aliphatic heterocycles. The molecule has 1 aliphatic carbocycles. The number of aryl methyl sites for hydroxylation is 1. The van der Waals surface area contributed by atoms with E-state index < -0.39 is 0 Å². The first-order chi connectivity index (χ1) is 12.7. The summed E-state index contributed by atoms with van der Waals surface area (Å²) in [6, 6.07) is 13.2.